The van der Waals surface area contributed by atoms with Crippen molar-refractivity contribution in [3.05, 3.63) is 35.9 Å². The largest absolute Gasteiger partial charge is 0.368 e. The zero-order valence-corrected chi connectivity index (χ0v) is 13.4. The van der Waals surface area contributed by atoms with Crippen LogP contribution in [0.2, 0.25) is 0 Å². The molecule has 2 rings (SSSR count). The smallest absolute Gasteiger partial charge is 0.237 e. The van der Waals surface area contributed by atoms with Gasteiger partial charge in [-0.3, -0.25) is 14.5 Å². The van der Waals surface area contributed by atoms with Crippen molar-refractivity contribution in [3.63, 3.8) is 0 Å². The van der Waals surface area contributed by atoms with E-state index in [1.165, 1.54) is 0 Å². The van der Waals surface area contributed by atoms with E-state index >= 15 is 0 Å². The minimum atomic E-state index is -0.328. The molecule has 5 nitrogen and oxygen atoms in total. The Balaban J connectivity index is 2.00. The third-order valence-electron chi connectivity index (χ3n) is 4.54. The van der Waals surface area contributed by atoms with Gasteiger partial charge in [-0.1, -0.05) is 36.8 Å². The Morgan fingerprint density at radius 2 is 2.00 bits per heavy atom. The average Bonchev–Trinajstić information content (AvgIpc) is 2.54. The van der Waals surface area contributed by atoms with Crippen molar-refractivity contribution in [3.8, 4) is 0 Å². The van der Waals surface area contributed by atoms with Crippen LogP contribution < -0.4 is 5.73 Å². The van der Waals surface area contributed by atoms with Crippen molar-refractivity contribution >= 4 is 11.8 Å². The molecule has 0 unspecified atom stereocenters. The highest BCUT2D eigenvalue weighted by molar-refractivity contribution is 5.82. The van der Waals surface area contributed by atoms with Crippen LogP contribution in [-0.2, 0) is 9.59 Å². The zero-order valence-electron chi connectivity index (χ0n) is 13.4. The summed E-state index contributed by atoms with van der Waals surface area (Å²) in [5.74, 6) is -0.309. The summed E-state index contributed by atoms with van der Waals surface area (Å²) in [6.07, 6.45) is 2.75. The van der Waals surface area contributed by atoms with Crippen molar-refractivity contribution in [2.75, 3.05) is 20.1 Å². The number of primary amides is 1. The first-order valence-corrected chi connectivity index (χ1v) is 7.84. The van der Waals surface area contributed by atoms with E-state index in [1.807, 2.05) is 49.2 Å². The van der Waals surface area contributed by atoms with Crippen LogP contribution in [0.5, 0.6) is 0 Å². The number of carbonyl (C=O) groups is 2. The Kier molecular flexibility index (Phi) is 5.55. The first-order chi connectivity index (χ1) is 10.5. The second kappa shape index (κ2) is 7.40. The minimum absolute atomic E-state index is 0.00511. The fourth-order valence-corrected chi connectivity index (χ4v) is 2.96. The van der Waals surface area contributed by atoms with Gasteiger partial charge < -0.3 is 10.6 Å². The maximum atomic E-state index is 12.5. The number of benzene rings is 1. The molecule has 1 aromatic carbocycles. The molecule has 120 valence electrons. The van der Waals surface area contributed by atoms with Gasteiger partial charge in [0, 0.05) is 7.05 Å². The normalized spacial score (nSPS) is 20.4. The van der Waals surface area contributed by atoms with Crippen LogP contribution in [0, 0.1) is 0 Å². The molecule has 1 aliphatic heterocycles. The van der Waals surface area contributed by atoms with Gasteiger partial charge in [0.15, 0.2) is 0 Å². The van der Waals surface area contributed by atoms with Crippen LogP contribution in [-0.4, -0.2) is 47.8 Å². The number of piperidine rings is 1. The summed E-state index contributed by atoms with van der Waals surface area (Å²) >= 11 is 0. The Bertz CT molecular complexity index is 518. The summed E-state index contributed by atoms with van der Waals surface area (Å²) in [7, 11) is 1.81. The van der Waals surface area contributed by atoms with Crippen molar-refractivity contribution in [2.45, 2.75) is 38.3 Å². The number of likely N-dealkylation sites (tertiary alicyclic amines) is 1. The van der Waals surface area contributed by atoms with Crippen molar-refractivity contribution < 1.29 is 9.59 Å². The van der Waals surface area contributed by atoms with Crippen LogP contribution in [0.25, 0.3) is 0 Å². The molecule has 2 atom stereocenters. The van der Waals surface area contributed by atoms with E-state index in [1.54, 1.807) is 4.90 Å². The van der Waals surface area contributed by atoms with Gasteiger partial charge in [0.2, 0.25) is 11.8 Å². The van der Waals surface area contributed by atoms with E-state index < -0.39 is 0 Å². The molecule has 2 N–H and O–H groups in total. The molecule has 0 radical (unpaired) electrons. The predicted octanol–water partition coefficient (Wildman–Crippen LogP) is 1.55. The van der Waals surface area contributed by atoms with Gasteiger partial charge in [-0.15, -0.1) is 0 Å². The Labute approximate surface area is 132 Å². The lowest BCUT2D eigenvalue weighted by Crippen LogP contribution is -2.51. The van der Waals surface area contributed by atoms with Gasteiger partial charge in [-0.05, 0) is 31.9 Å². The number of rotatable bonds is 5. The average molecular weight is 303 g/mol. The fourth-order valence-electron chi connectivity index (χ4n) is 2.96. The lowest BCUT2D eigenvalue weighted by Gasteiger charge is -2.35. The Morgan fingerprint density at radius 3 is 2.64 bits per heavy atom. The van der Waals surface area contributed by atoms with E-state index in [2.05, 4.69) is 0 Å². The van der Waals surface area contributed by atoms with E-state index in [9.17, 15) is 9.59 Å². The molecule has 1 fully saturated rings. The van der Waals surface area contributed by atoms with Gasteiger partial charge in [0.05, 0.1) is 18.6 Å². The van der Waals surface area contributed by atoms with Gasteiger partial charge in [0.25, 0.3) is 0 Å². The zero-order chi connectivity index (χ0) is 16.1. The molecule has 0 bridgehead atoms. The number of carbonyl (C=O) groups excluding carboxylic acids is 2. The Morgan fingerprint density at radius 1 is 1.32 bits per heavy atom. The standard InChI is InChI=1S/C17H25N3O2/c1-13(14-8-4-3-5-9-14)19(2)16(21)12-20-11-7-6-10-15(20)17(18)22/h3-5,8-9,13,15H,6-7,10-12H2,1-2H3,(H2,18,22)/t13-,15+/m0/s1. The third-order valence-corrected chi connectivity index (χ3v) is 4.54. The van der Waals surface area contributed by atoms with Crippen LogP contribution in [0.15, 0.2) is 30.3 Å². The maximum Gasteiger partial charge on any atom is 0.237 e. The monoisotopic (exact) mass is 303 g/mol. The van der Waals surface area contributed by atoms with Crippen LogP contribution in [0.1, 0.15) is 37.8 Å². The van der Waals surface area contributed by atoms with Gasteiger partial charge >= 0.3 is 0 Å². The lowest BCUT2D eigenvalue weighted by atomic mass is 10.0. The SMILES string of the molecule is C[C@@H](c1ccccc1)N(C)C(=O)CN1CCCC[C@@H]1C(N)=O. The van der Waals surface area contributed by atoms with Gasteiger partial charge in [0.1, 0.15) is 0 Å². The lowest BCUT2D eigenvalue weighted by molar-refractivity contribution is -0.135. The molecule has 2 amide bonds. The van der Waals surface area contributed by atoms with Crippen LogP contribution >= 0.6 is 0 Å². The first kappa shape index (κ1) is 16.5. The highest BCUT2D eigenvalue weighted by Gasteiger charge is 2.29. The number of nitrogens with two attached hydrogens (primary N) is 1. The van der Waals surface area contributed by atoms with Crippen molar-refractivity contribution in [2.24, 2.45) is 5.73 Å². The molecule has 0 aromatic heterocycles. The summed E-state index contributed by atoms with van der Waals surface area (Å²) < 4.78 is 0. The molecule has 1 saturated heterocycles. The van der Waals surface area contributed by atoms with Gasteiger partial charge in [-0.25, -0.2) is 0 Å². The molecule has 22 heavy (non-hydrogen) atoms. The second-order valence-electron chi connectivity index (χ2n) is 5.98. The minimum Gasteiger partial charge on any atom is -0.368 e. The molecule has 1 aromatic rings. The first-order valence-electron chi connectivity index (χ1n) is 7.84. The summed E-state index contributed by atoms with van der Waals surface area (Å²) in [4.78, 5) is 27.7. The van der Waals surface area contributed by atoms with E-state index in [0.717, 1.165) is 31.4 Å². The number of likely N-dealkylation sites (N-methyl/N-ethyl adjacent to an activating group) is 1. The van der Waals surface area contributed by atoms with Crippen molar-refractivity contribution in [1.29, 1.82) is 0 Å². The summed E-state index contributed by atoms with van der Waals surface area (Å²) in [5.41, 5.74) is 6.56. The number of hydrogen-bond acceptors (Lipinski definition) is 3. The summed E-state index contributed by atoms with van der Waals surface area (Å²) in [6, 6.07) is 9.63. The van der Waals surface area contributed by atoms with Crippen LogP contribution in [0.4, 0.5) is 0 Å². The predicted molar refractivity (Wildman–Crippen MR) is 86.0 cm³/mol. The molecule has 0 saturated carbocycles. The van der Waals surface area contributed by atoms with Crippen molar-refractivity contribution in [1.82, 2.24) is 9.80 Å². The quantitative estimate of drug-likeness (QED) is 0.897. The van der Waals surface area contributed by atoms with E-state index in [-0.39, 0.29) is 30.4 Å². The highest BCUT2D eigenvalue weighted by atomic mass is 16.2. The van der Waals surface area contributed by atoms with E-state index in [0.29, 0.717) is 0 Å². The highest BCUT2D eigenvalue weighted by Crippen LogP contribution is 2.20. The maximum absolute atomic E-state index is 12.5. The molecule has 1 heterocycles. The number of nitrogens with zero attached hydrogens (tertiary/aromatic N) is 2. The summed E-state index contributed by atoms with van der Waals surface area (Å²) in [6.45, 7) is 3.02. The molecular weight excluding hydrogens is 278 g/mol. The molecule has 0 spiro atoms. The van der Waals surface area contributed by atoms with Gasteiger partial charge in [-0.2, -0.15) is 0 Å². The Hall–Kier alpha value is -1.88. The number of hydrogen-bond donors (Lipinski definition) is 1. The topological polar surface area (TPSA) is 66.6 Å². The second-order valence-corrected chi connectivity index (χ2v) is 5.98. The molecule has 1 aliphatic rings. The number of amides is 2. The fraction of sp³-hybridized carbons (Fsp3) is 0.529. The van der Waals surface area contributed by atoms with E-state index in [4.69, 9.17) is 5.73 Å². The summed E-state index contributed by atoms with van der Waals surface area (Å²) in [5, 5.41) is 0. The molecule has 5 heteroatoms. The molecular formula is C17H25N3O2. The molecule has 0 aliphatic carbocycles. The van der Waals surface area contributed by atoms with Crippen LogP contribution in [0.3, 0.4) is 0 Å². The third kappa shape index (κ3) is 3.85.